The fraction of sp³-hybridized carbons (Fsp3) is 0.438. The molecule has 0 aliphatic carbocycles. The second-order valence-electron chi connectivity index (χ2n) is 9.90. The summed E-state index contributed by atoms with van der Waals surface area (Å²) in [5, 5.41) is 0. The van der Waals surface area contributed by atoms with E-state index in [0.717, 1.165) is 29.0 Å². The van der Waals surface area contributed by atoms with Crippen molar-refractivity contribution in [2.75, 3.05) is 40.5 Å². The molecule has 1 heterocycles. The molecule has 1 atom stereocenters. The highest BCUT2D eigenvalue weighted by Crippen LogP contribution is 2.18. The smallest absolute Gasteiger partial charge is 0.249 e. The normalized spacial score (nSPS) is 11.7. The van der Waals surface area contributed by atoms with Crippen molar-refractivity contribution < 1.29 is 23.8 Å². The Morgan fingerprint density at radius 1 is 0.950 bits per heavy atom. The van der Waals surface area contributed by atoms with Gasteiger partial charge in [-0.25, -0.2) is 0 Å². The first kappa shape index (κ1) is 30.9. The minimum atomic E-state index is -0.203. The van der Waals surface area contributed by atoms with Gasteiger partial charge in [-0.05, 0) is 55.2 Å². The van der Waals surface area contributed by atoms with Gasteiger partial charge in [-0.3, -0.25) is 9.59 Å². The Bertz CT molecular complexity index is 1180. The number of carbonyl (C=O) groups excluding carboxylic acids is 2. The maximum atomic E-state index is 13.7. The molecule has 0 aliphatic heterocycles. The van der Waals surface area contributed by atoms with Gasteiger partial charge in [-0.2, -0.15) is 0 Å². The number of ether oxygens (including phenoxy) is 3. The molecule has 1 unspecified atom stereocenters. The van der Waals surface area contributed by atoms with E-state index < -0.39 is 0 Å². The van der Waals surface area contributed by atoms with Crippen molar-refractivity contribution in [1.29, 1.82) is 0 Å². The summed E-state index contributed by atoms with van der Waals surface area (Å²) in [6, 6.07) is 21.8. The van der Waals surface area contributed by atoms with Crippen LogP contribution in [0, 0.1) is 0 Å². The molecule has 0 saturated heterocycles. The molecule has 40 heavy (non-hydrogen) atoms. The fourth-order valence-corrected chi connectivity index (χ4v) is 4.47. The van der Waals surface area contributed by atoms with Crippen LogP contribution in [0.3, 0.4) is 0 Å². The number of rotatable bonds is 17. The Balaban J connectivity index is 1.68. The van der Waals surface area contributed by atoms with E-state index in [1.165, 1.54) is 0 Å². The van der Waals surface area contributed by atoms with Crippen molar-refractivity contribution in [3.8, 4) is 5.75 Å². The maximum Gasteiger partial charge on any atom is 0.249 e. The van der Waals surface area contributed by atoms with Crippen molar-refractivity contribution in [2.45, 2.75) is 52.4 Å². The number of methoxy groups -OCH3 is 2. The summed E-state index contributed by atoms with van der Waals surface area (Å²) in [5.74, 6) is 0.525. The molecule has 3 aromatic rings. The summed E-state index contributed by atoms with van der Waals surface area (Å²) in [6.45, 7) is 6.43. The van der Waals surface area contributed by atoms with Gasteiger partial charge >= 0.3 is 0 Å². The Morgan fingerprint density at radius 2 is 1.73 bits per heavy atom. The molecule has 0 spiro atoms. The van der Waals surface area contributed by atoms with Crippen molar-refractivity contribution >= 4 is 11.8 Å². The molecule has 216 valence electrons. The van der Waals surface area contributed by atoms with Crippen LogP contribution in [0.1, 0.15) is 43.5 Å². The number of hydrogen-bond acceptors (Lipinski definition) is 5. The zero-order chi connectivity index (χ0) is 28.7. The van der Waals surface area contributed by atoms with Crippen LogP contribution in [-0.4, -0.2) is 72.7 Å². The second-order valence-corrected chi connectivity index (χ2v) is 9.90. The summed E-state index contributed by atoms with van der Waals surface area (Å²) < 4.78 is 18.4. The molecule has 2 amide bonds. The highest BCUT2D eigenvalue weighted by atomic mass is 16.5. The zero-order valence-corrected chi connectivity index (χ0v) is 24.3. The lowest BCUT2D eigenvalue weighted by Crippen LogP contribution is -2.47. The molecular formula is C32H43N3O5. The summed E-state index contributed by atoms with van der Waals surface area (Å²) in [6.07, 6.45) is 3.47. The van der Waals surface area contributed by atoms with Gasteiger partial charge in [0.1, 0.15) is 12.4 Å². The third-order valence-corrected chi connectivity index (χ3v) is 6.98. The molecule has 3 rings (SSSR count). The van der Waals surface area contributed by atoms with Crippen LogP contribution in [0.4, 0.5) is 0 Å². The molecule has 0 aliphatic rings. The highest BCUT2D eigenvalue weighted by Gasteiger charge is 2.25. The maximum absolute atomic E-state index is 13.7. The number of hydrogen-bond donors (Lipinski definition) is 0. The molecule has 0 bridgehead atoms. The van der Waals surface area contributed by atoms with E-state index >= 15 is 0 Å². The number of nitrogens with zero attached hydrogens (tertiary/aromatic N) is 3. The Kier molecular flexibility index (Phi) is 12.7. The summed E-state index contributed by atoms with van der Waals surface area (Å²) in [5.41, 5.74) is 3.14. The third kappa shape index (κ3) is 9.54. The van der Waals surface area contributed by atoms with E-state index in [-0.39, 0.29) is 31.0 Å². The first-order chi connectivity index (χ1) is 19.4. The van der Waals surface area contributed by atoms with E-state index in [2.05, 4.69) is 17.6 Å². The lowest BCUT2D eigenvalue weighted by molar-refractivity contribution is -0.145. The summed E-state index contributed by atoms with van der Waals surface area (Å²) in [4.78, 5) is 30.3. The average molecular weight is 550 g/mol. The first-order valence-corrected chi connectivity index (χ1v) is 13.9. The van der Waals surface area contributed by atoms with E-state index in [1.54, 1.807) is 19.1 Å². The van der Waals surface area contributed by atoms with Crippen LogP contribution >= 0.6 is 0 Å². The van der Waals surface area contributed by atoms with Crippen LogP contribution in [0.5, 0.6) is 5.75 Å². The predicted molar refractivity (Wildman–Crippen MR) is 156 cm³/mol. The van der Waals surface area contributed by atoms with E-state index in [4.69, 9.17) is 14.2 Å². The Labute approximate surface area is 238 Å². The van der Waals surface area contributed by atoms with Gasteiger partial charge < -0.3 is 28.6 Å². The zero-order valence-electron chi connectivity index (χ0n) is 24.3. The number of carbonyl (C=O) groups is 2. The highest BCUT2D eigenvalue weighted by molar-refractivity contribution is 5.85. The van der Waals surface area contributed by atoms with Crippen molar-refractivity contribution in [3.05, 3.63) is 89.7 Å². The largest absolute Gasteiger partial charge is 0.497 e. The lowest BCUT2D eigenvalue weighted by atomic mass is 10.2. The quantitative estimate of drug-likeness (QED) is 0.227. The first-order valence-electron chi connectivity index (χ1n) is 13.9. The van der Waals surface area contributed by atoms with Gasteiger partial charge in [0, 0.05) is 44.7 Å². The van der Waals surface area contributed by atoms with E-state index in [1.807, 2.05) is 78.7 Å². The van der Waals surface area contributed by atoms with Crippen LogP contribution in [0.15, 0.2) is 72.9 Å². The molecule has 8 heteroatoms. The van der Waals surface area contributed by atoms with Crippen LogP contribution in [-0.2, 0) is 38.8 Å². The minimum Gasteiger partial charge on any atom is -0.497 e. The summed E-state index contributed by atoms with van der Waals surface area (Å²) >= 11 is 0. The Morgan fingerprint density at radius 3 is 2.45 bits per heavy atom. The van der Waals surface area contributed by atoms with Crippen LogP contribution in [0.2, 0.25) is 0 Å². The topological polar surface area (TPSA) is 73.2 Å². The molecule has 0 fully saturated rings. The standard InChI is InChI=1S/C32H43N3O5/c1-5-26(2)35(22-29-15-10-17-33(29)21-28-14-9-16-30(20-28)39-4)31(36)23-34(18-11-19-38-3)32(37)25-40-24-27-12-7-6-8-13-27/h6-10,12-17,20,26H,5,11,18-19,21-25H2,1-4H3. The van der Waals surface area contributed by atoms with Crippen LogP contribution in [0.25, 0.3) is 0 Å². The molecule has 0 saturated carbocycles. The Hall–Kier alpha value is -3.62. The third-order valence-electron chi connectivity index (χ3n) is 6.98. The van der Waals surface area contributed by atoms with Gasteiger partial charge in [0.25, 0.3) is 0 Å². The van der Waals surface area contributed by atoms with Gasteiger partial charge in [-0.15, -0.1) is 0 Å². The number of aromatic nitrogens is 1. The fourth-order valence-electron chi connectivity index (χ4n) is 4.47. The average Bonchev–Trinajstić information content (AvgIpc) is 3.41. The van der Waals surface area contributed by atoms with Gasteiger partial charge in [0.05, 0.1) is 26.8 Å². The van der Waals surface area contributed by atoms with Crippen LogP contribution < -0.4 is 4.74 Å². The van der Waals surface area contributed by atoms with Gasteiger partial charge in [-0.1, -0.05) is 49.4 Å². The SMILES string of the molecule is CCC(C)N(Cc1cccn1Cc1cccc(OC)c1)C(=O)CN(CCCOC)C(=O)COCc1ccccc1. The lowest BCUT2D eigenvalue weighted by Gasteiger charge is -2.32. The van der Waals surface area contributed by atoms with Crippen molar-refractivity contribution in [3.63, 3.8) is 0 Å². The molecule has 2 aromatic carbocycles. The number of amides is 2. The van der Waals surface area contributed by atoms with Crippen molar-refractivity contribution in [1.82, 2.24) is 14.4 Å². The minimum absolute atomic E-state index is 0.00181. The molecule has 1 aromatic heterocycles. The second kappa shape index (κ2) is 16.5. The van der Waals surface area contributed by atoms with Gasteiger partial charge in [0.15, 0.2) is 0 Å². The summed E-state index contributed by atoms with van der Waals surface area (Å²) in [7, 11) is 3.29. The predicted octanol–water partition coefficient (Wildman–Crippen LogP) is 4.75. The number of benzene rings is 2. The van der Waals surface area contributed by atoms with E-state index in [9.17, 15) is 9.59 Å². The van der Waals surface area contributed by atoms with Crippen molar-refractivity contribution in [2.24, 2.45) is 0 Å². The van der Waals surface area contributed by atoms with E-state index in [0.29, 0.717) is 39.3 Å². The van der Waals surface area contributed by atoms with Gasteiger partial charge in [0.2, 0.25) is 11.8 Å². The monoisotopic (exact) mass is 549 g/mol. The molecular weight excluding hydrogens is 506 g/mol. The molecule has 0 N–H and O–H groups in total. The molecule has 0 radical (unpaired) electrons. The molecule has 8 nitrogen and oxygen atoms in total.